The number of ether oxygens (including phenoxy) is 1. The molecule has 0 aliphatic carbocycles. The highest BCUT2D eigenvalue weighted by Crippen LogP contribution is 2.25. The van der Waals surface area contributed by atoms with Gasteiger partial charge in [-0.1, -0.05) is 18.2 Å². The molecule has 0 aliphatic heterocycles. The van der Waals surface area contributed by atoms with Crippen LogP contribution in [0.2, 0.25) is 0 Å². The molecule has 2 aromatic rings. The Labute approximate surface area is 122 Å². The number of anilines is 1. The summed E-state index contributed by atoms with van der Waals surface area (Å²) in [6.07, 6.45) is 0. The third-order valence-electron chi connectivity index (χ3n) is 2.97. The highest BCUT2D eigenvalue weighted by Gasteiger charge is 2.07. The van der Waals surface area contributed by atoms with Gasteiger partial charge in [0.25, 0.3) is 0 Å². The molecule has 0 heterocycles. The Morgan fingerprint density at radius 3 is 2.71 bits per heavy atom. The summed E-state index contributed by atoms with van der Waals surface area (Å²) in [6, 6.07) is 11.6. The minimum atomic E-state index is -0.321. The van der Waals surface area contributed by atoms with Crippen molar-refractivity contribution in [3.8, 4) is 5.75 Å². The van der Waals surface area contributed by atoms with Crippen LogP contribution in [0.1, 0.15) is 18.1 Å². The lowest BCUT2D eigenvalue weighted by Gasteiger charge is -2.13. The summed E-state index contributed by atoms with van der Waals surface area (Å²) in [4.78, 5) is 11.2. The van der Waals surface area contributed by atoms with Gasteiger partial charge < -0.3 is 15.8 Å². The summed E-state index contributed by atoms with van der Waals surface area (Å²) in [6.45, 7) is 1.93. The number of benzene rings is 2. The Kier molecular flexibility index (Phi) is 4.90. The van der Waals surface area contributed by atoms with Crippen LogP contribution in [0.5, 0.6) is 5.75 Å². The van der Waals surface area contributed by atoms with E-state index in [9.17, 15) is 9.18 Å². The lowest BCUT2D eigenvalue weighted by atomic mass is 10.1. The molecule has 0 radical (unpaired) electrons. The summed E-state index contributed by atoms with van der Waals surface area (Å²) in [7, 11) is 0. The molecular formula is C16H17FN2O2. The normalized spacial score (nSPS) is 10.2. The van der Waals surface area contributed by atoms with Gasteiger partial charge in [-0.3, -0.25) is 4.79 Å². The van der Waals surface area contributed by atoms with Crippen LogP contribution >= 0.6 is 0 Å². The number of rotatable bonds is 5. The fraction of sp³-hybridized carbons (Fsp3) is 0.188. The van der Waals surface area contributed by atoms with Crippen molar-refractivity contribution in [1.29, 1.82) is 0 Å². The number of halogens is 1. The summed E-state index contributed by atoms with van der Waals surface area (Å²) < 4.78 is 18.9. The number of nitrogens with two attached hydrogens (primary N) is 1. The minimum absolute atomic E-state index is 0.171. The lowest BCUT2D eigenvalue weighted by Crippen LogP contribution is -2.09. The molecule has 0 spiro atoms. The Morgan fingerprint density at radius 1 is 1.24 bits per heavy atom. The lowest BCUT2D eigenvalue weighted by molar-refractivity contribution is -0.114. The number of carbonyl (C=O) groups excluding carboxylic acids is 1. The van der Waals surface area contributed by atoms with Crippen molar-refractivity contribution >= 4 is 11.6 Å². The summed E-state index contributed by atoms with van der Waals surface area (Å²) >= 11 is 0. The quantitative estimate of drug-likeness (QED) is 0.889. The van der Waals surface area contributed by atoms with Gasteiger partial charge in [0.1, 0.15) is 18.2 Å². The van der Waals surface area contributed by atoms with E-state index < -0.39 is 0 Å². The number of nitrogens with one attached hydrogen (secondary N) is 1. The van der Waals surface area contributed by atoms with E-state index in [0.29, 0.717) is 17.0 Å². The van der Waals surface area contributed by atoms with Crippen LogP contribution in [0, 0.1) is 5.82 Å². The number of amides is 1. The van der Waals surface area contributed by atoms with Gasteiger partial charge in [-0.15, -0.1) is 0 Å². The van der Waals surface area contributed by atoms with E-state index in [1.165, 1.54) is 19.1 Å². The van der Waals surface area contributed by atoms with Gasteiger partial charge in [-0.2, -0.15) is 0 Å². The topological polar surface area (TPSA) is 64.3 Å². The average Bonchev–Trinajstić information content (AvgIpc) is 2.46. The predicted octanol–water partition coefficient (Wildman–Crippen LogP) is 2.82. The third-order valence-corrected chi connectivity index (χ3v) is 2.97. The molecule has 4 nitrogen and oxygen atoms in total. The van der Waals surface area contributed by atoms with Gasteiger partial charge in [0.2, 0.25) is 5.91 Å². The molecule has 0 saturated carbocycles. The van der Waals surface area contributed by atoms with Crippen molar-refractivity contribution in [2.75, 3.05) is 5.32 Å². The first kappa shape index (κ1) is 15.0. The number of hydrogen-bond acceptors (Lipinski definition) is 3. The summed E-state index contributed by atoms with van der Waals surface area (Å²) in [5.74, 6) is 0.0633. The second-order valence-corrected chi connectivity index (χ2v) is 4.58. The molecule has 2 rings (SSSR count). The van der Waals surface area contributed by atoms with E-state index in [1.807, 2.05) is 6.07 Å². The minimum Gasteiger partial charge on any atom is -0.487 e. The maximum absolute atomic E-state index is 13.2. The van der Waals surface area contributed by atoms with Crippen molar-refractivity contribution in [3.63, 3.8) is 0 Å². The smallest absolute Gasteiger partial charge is 0.221 e. The molecule has 110 valence electrons. The van der Waals surface area contributed by atoms with Crippen molar-refractivity contribution in [2.24, 2.45) is 5.73 Å². The number of para-hydroxylation sites is 2. The molecule has 21 heavy (non-hydrogen) atoms. The zero-order valence-corrected chi connectivity index (χ0v) is 11.7. The van der Waals surface area contributed by atoms with Crippen LogP contribution in [0.15, 0.2) is 42.5 Å². The van der Waals surface area contributed by atoms with Crippen LogP contribution in [0.25, 0.3) is 0 Å². The van der Waals surface area contributed by atoms with Gasteiger partial charge in [0, 0.05) is 13.5 Å². The van der Waals surface area contributed by atoms with E-state index in [4.69, 9.17) is 10.5 Å². The van der Waals surface area contributed by atoms with Crippen molar-refractivity contribution < 1.29 is 13.9 Å². The van der Waals surface area contributed by atoms with Gasteiger partial charge in [0.05, 0.1) is 5.69 Å². The van der Waals surface area contributed by atoms with Gasteiger partial charge in [0.15, 0.2) is 0 Å². The van der Waals surface area contributed by atoms with E-state index >= 15 is 0 Å². The molecule has 0 aliphatic rings. The molecule has 0 aromatic heterocycles. The van der Waals surface area contributed by atoms with Gasteiger partial charge in [-0.25, -0.2) is 4.39 Å². The van der Waals surface area contributed by atoms with E-state index in [-0.39, 0.29) is 24.9 Å². The van der Waals surface area contributed by atoms with Crippen LogP contribution in [-0.2, 0) is 17.9 Å². The van der Waals surface area contributed by atoms with E-state index in [1.54, 1.807) is 24.3 Å². The zero-order chi connectivity index (χ0) is 15.2. The average molecular weight is 288 g/mol. The van der Waals surface area contributed by atoms with Gasteiger partial charge in [-0.05, 0) is 35.4 Å². The first-order valence-electron chi connectivity index (χ1n) is 6.57. The zero-order valence-electron chi connectivity index (χ0n) is 11.7. The second kappa shape index (κ2) is 6.85. The van der Waals surface area contributed by atoms with E-state index in [2.05, 4.69) is 5.32 Å². The third kappa shape index (κ3) is 4.03. The molecule has 0 unspecified atom stereocenters. The van der Waals surface area contributed by atoms with Crippen molar-refractivity contribution in [3.05, 3.63) is 59.4 Å². The molecule has 0 atom stereocenters. The Balaban J connectivity index is 2.15. The molecule has 0 saturated heterocycles. The van der Waals surface area contributed by atoms with Gasteiger partial charge >= 0.3 is 0 Å². The van der Waals surface area contributed by atoms with E-state index in [0.717, 1.165) is 5.56 Å². The standard InChI is InChI=1S/C16H17FN2O2/c1-11(20)19-15-4-2-3-5-16(15)21-10-12-6-7-14(17)8-13(12)9-18/h2-8H,9-10,18H2,1H3,(H,19,20). The van der Waals surface area contributed by atoms with Crippen LogP contribution in [0.4, 0.5) is 10.1 Å². The van der Waals surface area contributed by atoms with Crippen LogP contribution < -0.4 is 15.8 Å². The second-order valence-electron chi connectivity index (χ2n) is 4.58. The fourth-order valence-corrected chi connectivity index (χ4v) is 1.97. The molecule has 0 fully saturated rings. The molecule has 3 N–H and O–H groups in total. The van der Waals surface area contributed by atoms with Crippen molar-refractivity contribution in [2.45, 2.75) is 20.1 Å². The van der Waals surface area contributed by atoms with Crippen LogP contribution in [0.3, 0.4) is 0 Å². The highest BCUT2D eigenvalue weighted by molar-refractivity contribution is 5.90. The number of carbonyl (C=O) groups is 1. The molecule has 5 heteroatoms. The monoisotopic (exact) mass is 288 g/mol. The number of hydrogen-bond donors (Lipinski definition) is 2. The fourth-order valence-electron chi connectivity index (χ4n) is 1.97. The Hall–Kier alpha value is -2.40. The first-order valence-corrected chi connectivity index (χ1v) is 6.57. The maximum Gasteiger partial charge on any atom is 0.221 e. The summed E-state index contributed by atoms with van der Waals surface area (Å²) in [5, 5.41) is 2.70. The SMILES string of the molecule is CC(=O)Nc1ccccc1OCc1ccc(F)cc1CN. The Morgan fingerprint density at radius 2 is 2.00 bits per heavy atom. The Bertz CT molecular complexity index is 644. The summed E-state index contributed by atoms with van der Waals surface area (Å²) in [5.41, 5.74) is 7.72. The van der Waals surface area contributed by atoms with Crippen LogP contribution in [-0.4, -0.2) is 5.91 Å². The molecular weight excluding hydrogens is 271 g/mol. The largest absolute Gasteiger partial charge is 0.487 e. The highest BCUT2D eigenvalue weighted by atomic mass is 19.1. The first-order chi connectivity index (χ1) is 10.1. The van der Waals surface area contributed by atoms with Crippen molar-refractivity contribution in [1.82, 2.24) is 0 Å². The maximum atomic E-state index is 13.2. The molecule has 2 aromatic carbocycles. The molecule has 0 bridgehead atoms. The molecule has 1 amide bonds. The predicted molar refractivity (Wildman–Crippen MR) is 79.4 cm³/mol.